The minimum absolute atomic E-state index is 0.250. The van der Waals surface area contributed by atoms with Crippen LogP contribution in [0.4, 0.5) is 5.69 Å². The number of fused-ring (bicyclic) bond motifs is 1. The van der Waals surface area contributed by atoms with Crippen LogP contribution in [0, 0.1) is 0 Å². The fourth-order valence-electron chi connectivity index (χ4n) is 1.04. The van der Waals surface area contributed by atoms with Gasteiger partial charge in [0.15, 0.2) is 0 Å². The molecule has 0 aromatic rings. The minimum atomic E-state index is -3.11. The van der Waals surface area contributed by atoms with Gasteiger partial charge in [-0.3, -0.25) is 9.52 Å². The zero-order chi connectivity index (χ0) is 10.8. The molecule has 0 atom stereocenters. The van der Waals surface area contributed by atoms with E-state index in [0.717, 1.165) is 17.4 Å². The number of benzene rings is 1. The second-order valence-electron chi connectivity index (χ2n) is 2.74. The zero-order valence-corrected chi connectivity index (χ0v) is 8.21. The van der Waals surface area contributed by atoms with E-state index in [9.17, 15) is 8.42 Å². The van der Waals surface area contributed by atoms with E-state index >= 15 is 0 Å². The first-order valence-corrected chi connectivity index (χ1v) is 5.57. The van der Waals surface area contributed by atoms with Gasteiger partial charge in [-0.2, -0.15) is 0 Å². The van der Waals surface area contributed by atoms with Gasteiger partial charge in [-0.1, -0.05) is 6.07 Å². The molecule has 5 nitrogen and oxygen atoms in total. The lowest BCUT2D eigenvalue weighted by Crippen LogP contribution is -2.08. The van der Waals surface area contributed by atoms with Crippen molar-refractivity contribution in [3.63, 3.8) is 0 Å². The van der Waals surface area contributed by atoms with Crippen molar-refractivity contribution in [3.8, 4) is 11.1 Å². The molecule has 76 valence electrons. The fraction of sp³-hybridized carbons (Fsp3) is 0.125. The second kappa shape index (κ2) is 3.67. The van der Waals surface area contributed by atoms with Crippen LogP contribution in [-0.4, -0.2) is 26.3 Å². The van der Waals surface area contributed by atoms with Gasteiger partial charge < -0.3 is 5.11 Å². The molecule has 0 saturated heterocycles. The highest BCUT2D eigenvalue weighted by atomic mass is 32.2. The van der Waals surface area contributed by atoms with E-state index in [1.54, 1.807) is 6.07 Å². The first kappa shape index (κ1) is 10.5. The van der Waals surface area contributed by atoms with Crippen LogP contribution in [0.15, 0.2) is 18.2 Å². The Morgan fingerprint density at radius 3 is 2.29 bits per heavy atom. The second-order valence-corrected chi connectivity index (χ2v) is 4.49. The van der Waals surface area contributed by atoms with Crippen LogP contribution in [0.1, 0.15) is 0 Å². The quantitative estimate of drug-likeness (QED) is 0.724. The SMILES string of the molecule is CS(=O)(=O)Nc1ccc2cc1-2.O=CO. The average Bonchev–Trinajstić information content (AvgIpc) is 2.70. The van der Waals surface area contributed by atoms with Crippen molar-refractivity contribution < 1.29 is 18.3 Å². The number of hydrogen-bond acceptors (Lipinski definition) is 3. The monoisotopic (exact) mass is 215 g/mol. The molecule has 2 N–H and O–H groups in total. The lowest BCUT2D eigenvalue weighted by molar-refractivity contribution is -0.122. The maximum atomic E-state index is 10.7. The van der Waals surface area contributed by atoms with Gasteiger partial charge in [0.25, 0.3) is 6.47 Å². The molecule has 14 heavy (non-hydrogen) atoms. The van der Waals surface area contributed by atoms with Crippen molar-refractivity contribution in [2.24, 2.45) is 0 Å². The standard InChI is InChI=1S/C7H7NO2S.CH2O2/c1-11(9,10)8-7-3-2-5-4-6(5)7;2-1-3/h2-4,8H,1H3;1H,(H,2,3). The first-order valence-electron chi connectivity index (χ1n) is 3.68. The number of carboxylic acid groups (broad SMARTS) is 1. The van der Waals surface area contributed by atoms with Crippen LogP contribution >= 0.6 is 0 Å². The molecule has 0 spiro atoms. The fourth-order valence-corrected chi connectivity index (χ4v) is 1.62. The molecule has 0 aromatic carbocycles. The first-order chi connectivity index (χ1) is 6.48. The van der Waals surface area contributed by atoms with E-state index < -0.39 is 10.0 Å². The molecule has 2 aliphatic carbocycles. The largest absolute Gasteiger partial charge is 0.483 e. The lowest BCUT2D eigenvalue weighted by Gasteiger charge is -1.98. The van der Waals surface area contributed by atoms with Gasteiger partial charge in [-0.25, -0.2) is 8.42 Å². The Bertz CT molecular complexity index is 452. The molecule has 0 unspecified atom stereocenters. The van der Waals surface area contributed by atoms with Gasteiger partial charge in [0, 0.05) is 5.56 Å². The van der Waals surface area contributed by atoms with Crippen molar-refractivity contribution in [1.82, 2.24) is 0 Å². The summed E-state index contributed by atoms with van der Waals surface area (Å²) in [6.45, 7) is -0.250. The lowest BCUT2D eigenvalue weighted by atomic mass is 10.5. The molecule has 0 aromatic heterocycles. The predicted molar refractivity (Wildman–Crippen MR) is 52.6 cm³/mol. The molecule has 0 amide bonds. The highest BCUT2D eigenvalue weighted by Gasteiger charge is 2.18. The molecular weight excluding hydrogens is 206 g/mol. The Labute approximate surface area is 81.4 Å². The average molecular weight is 215 g/mol. The summed E-state index contributed by atoms with van der Waals surface area (Å²) < 4.78 is 23.9. The van der Waals surface area contributed by atoms with Crippen LogP contribution in [-0.2, 0) is 14.8 Å². The molecule has 6 heteroatoms. The Kier molecular flexibility index (Phi) is 2.76. The molecular formula is C8H9NO4S. The Morgan fingerprint density at radius 2 is 2.00 bits per heavy atom. The van der Waals surface area contributed by atoms with Gasteiger partial charge in [0.05, 0.1) is 11.9 Å². The van der Waals surface area contributed by atoms with E-state index in [2.05, 4.69) is 4.72 Å². The van der Waals surface area contributed by atoms with E-state index in [1.165, 1.54) is 0 Å². The number of nitrogens with one attached hydrogen (secondary N) is 1. The third kappa shape index (κ3) is 2.74. The van der Waals surface area contributed by atoms with E-state index in [4.69, 9.17) is 9.90 Å². The number of hydrogen-bond donors (Lipinski definition) is 2. The highest BCUT2D eigenvalue weighted by molar-refractivity contribution is 7.92. The van der Waals surface area contributed by atoms with E-state index in [-0.39, 0.29) is 6.47 Å². The molecule has 0 saturated carbocycles. The molecule has 2 aliphatic rings. The normalized spacial score (nSPS) is 10.9. The molecule has 0 bridgehead atoms. The number of sulfonamides is 1. The Balaban J connectivity index is 0.000000293. The van der Waals surface area contributed by atoms with Gasteiger partial charge in [0.1, 0.15) is 0 Å². The van der Waals surface area contributed by atoms with Crippen LogP contribution in [0.3, 0.4) is 0 Å². The summed E-state index contributed by atoms with van der Waals surface area (Å²) in [5.74, 6) is 0. The minimum Gasteiger partial charge on any atom is -0.483 e. The van der Waals surface area contributed by atoms with Crippen molar-refractivity contribution in [1.29, 1.82) is 0 Å². The van der Waals surface area contributed by atoms with Gasteiger partial charge >= 0.3 is 0 Å². The summed E-state index contributed by atoms with van der Waals surface area (Å²) in [4.78, 5) is 8.36. The molecule has 0 heterocycles. The maximum absolute atomic E-state index is 10.7. The molecule has 2 rings (SSSR count). The van der Waals surface area contributed by atoms with Crippen molar-refractivity contribution in [2.45, 2.75) is 0 Å². The van der Waals surface area contributed by atoms with Crippen LogP contribution in [0.5, 0.6) is 0 Å². The Hall–Kier alpha value is -1.56. The van der Waals surface area contributed by atoms with Crippen LogP contribution in [0.2, 0.25) is 0 Å². The molecule has 0 fully saturated rings. The summed E-state index contributed by atoms with van der Waals surface area (Å²) in [5, 5.41) is 6.89. The predicted octanol–water partition coefficient (Wildman–Crippen LogP) is 0.739. The smallest absolute Gasteiger partial charge is 0.290 e. The zero-order valence-electron chi connectivity index (χ0n) is 7.39. The van der Waals surface area contributed by atoms with E-state index in [0.29, 0.717) is 5.69 Å². The van der Waals surface area contributed by atoms with Crippen molar-refractivity contribution in [3.05, 3.63) is 18.2 Å². The third-order valence-corrected chi connectivity index (χ3v) is 2.13. The topological polar surface area (TPSA) is 83.5 Å². The maximum Gasteiger partial charge on any atom is 0.290 e. The van der Waals surface area contributed by atoms with E-state index in [1.807, 2.05) is 12.1 Å². The Morgan fingerprint density at radius 1 is 1.43 bits per heavy atom. The van der Waals surface area contributed by atoms with Crippen LogP contribution < -0.4 is 4.72 Å². The van der Waals surface area contributed by atoms with Gasteiger partial charge in [0.2, 0.25) is 10.0 Å². The molecule has 0 radical (unpaired) electrons. The summed E-state index contributed by atoms with van der Waals surface area (Å²) in [7, 11) is -3.11. The third-order valence-electron chi connectivity index (χ3n) is 1.54. The van der Waals surface area contributed by atoms with Gasteiger partial charge in [-0.05, 0) is 17.7 Å². The van der Waals surface area contributed by atoms with Gasteiger partial charge in [-0.15, -0.1) is 0 Å². The van der Waals surface area contributed by atoms with Crippen molar-refractivity contribution in [2.75, 3.05) is 11.0 Å². The molecule has 0 aliphatic heterocycles. The number of carbonyl (C=O) groups is 1. The number of rotatable bonds is 2. The van der Waals surface area contributed by atoms with Crippen molar-refractivity contribution >= 4 is 22.2 Å². The highest BCUT2D eigenvalue weighted by Crippen LogP contribution is 2.42. The summed E-state index contributed by atoms with van der Waals surface area (Å²) in [6.07, 6.45) is 1.15. The summed E-state index contributed by atoms with van der Waals surface area (Å²) in [6, 6.07) is 5.60. The number of anilines is 1. The summed E-state index contributed by atoms with van der Waals surface area (Å²) >= 11 is 0. The van der Waals surface area contributed by atoms with Crippen LogP contribution in [0.25, 0.3) is 11.1 Å². The summed E-state index contributed by atoms with van der Waals surface area (Å²) in [5.41, 5.74) is 2.86.